The second-order valence-corrected chi connectivity index (χ2v) is 4.84. The normalized spacial score (nSPS) is 11.9. The third kappa shape index (κ3) is 7.14. The highest BCUT2D eigenvalue weighted by atomic mass is 16.5. The summed E-state index contributed by atoms with van der Waals surface area (Å²) in [6, 6.07) is 9.49. The molecule has 2 N–H and O–H groups in total. The van der Waals surface area contributed by atoms with Crippen LogP contribution in [0.25, 0.3) is 0 Å². The van der Waals surface area contributed by atoms with E-state index < -0.39 is 0 Å². The Kier molecular flexibility index (Phi) is 8.47. The fourth-order valence-corrected chi connectivity index (χ4v) is 1.79. The average molecular weight is 278 g/mol. The van der Waals surface area contributed by atoms with E-state index in [1.807, 2.05) is 37.3 Å². The largest absolute Gasteiger partial charge is 0.492 e. The first-order valence-electron chi connectivity index (χ1n) is 7.43. The van der Waals surface area contributed by atoms with Crippen molar-refractivity contribution in [1.29, 1.82) is 0 Å². The molecule has 20 heavy (non-hydrogen) atoms. The molecule has 1 aromatic carbocycles. The predicted molar refractivity (Wildman–Crippen MR) is 81.9 cm³/mol. The van der Waals surface area contributed by atoms with E-state index in [0.29, 0.717) is 13.2 Å². The maximum Gasteiger partial charge on any atom is 0.236 e. The van der Waals surface area contributed by atoms with Crippen LogP contribution in [0.2, 0.25) is 0 Å². The van der Waals surface area contributed by atoms with Crippen LogP contribution in [0.15, 0.2) is 30.3 Å². The molecule has 4 heteroatoms. The number of rotatable bonds is 10. The van der Waals surface area contributed by atoms with Gasteiger partial charge in [0, 0.05) is 13.1 Å². The Bertz CT molecular complexity index is 368. The van der Waals surface area contributed by atoms with E-state index >= 15 is 0 Å². The summed E-state index contributed by atoms with van der Waals surface area (Å²) < 4.78 is 5.56. The summed E-state index contributed by atoms with van der Waals surface area (Å²) in [5.41, 5.74) is 0. The Balaban J connectivity index is 2.07. The van der Waals surface area contributed by atoms with Crippen molar-refractivity contribution in [3.8, 4) is 5.75 Å². The first kappa shape index (κ1) is 16.5. The van der Waals surface area contributed by atoms with Gasteiger partial charge in [-0.1, -0.05) is 38.0 Å². The molecule has 0 spiro atoms. The highest BCUT2D eigenvalue weighted by Crippen LogP contribution is 2.07. The zero-order valence-corrected chi connectivity index (χ0v) is 12.5. The third-order valence-corrected chi connectivity index (χ3v) is 3.04. The van der Waals surface area contributed by atoms with Crippen molar-refractivity contribution in [1.82, 2.24) is 10.6 Å². The van der Waals surface area contributed by atoms with Gasteiger partial charge in [0.25, 0.3) is 0 Å². The maximum absolute atomic E-state index is 11.8. The van der Waals surface area contributed by atoms with Crippen molar-refractivity contribution in [3.05, 3.63) is 30.3 Å². The number of para-hydroxylation sites is 1. The quantitative estimate of drug-likeness (QED) is 0.646. The topological polar surface area (TPSA) is 50.4 Å². The monoisotopic (exact) mass is 278 g/mol. The SMILES string of the molecule is CCCCCNC(=O)C(C)NCCOc1ccccc1. The Hall–Kier alpha value is -1.55. The summed E-state index contributed by atoms with van der Waals surface area (Å²) in [4.78, 5) is 11.8. The second-order valence-electron chi connectivity index (χ2n) is 4.84. The molecule has 1 unspecified atom stereocenters. The van der Waals surface area contributed by atoms with Gasteiger partial charge >= 0.3 is 0 Å². The third-order valence-electron chi connectivity index (χ3n) is 3.04. The number of carbonyl (C=O) groups excluding carboxylic acids is 1. The molecule has 1 aromatic rings. The predicted octanol–water partition coefficient (Wildman–Crippen LogP) is 2.35. The minimum Gasteiger partial charge on any atom is -0.492 e. The smallest absolute Gasteiger partial charge is 0.236 e. The first-order valence-corrected chi connectivity index (χ1v) is 7.43. The van der Waals surface area contributed by atoms with E-state index in [1.165, 1.54) is 6.42 Å². The number of carbonyl (C=O) groups is 1. The molecule has 0 aliphatic carbocycles. The molecular formula is C16H26N2O2. The van der Waals surface area contributed by atoms with E-state index in [0.717, 1.165) is 25.1 Å². The molecule has 1 rings (SSSR count). The summed E-state index contributed by atoms with van der Waals surface area (Å²) in [5, 5.41) is 6.09. The Morgan fingerprint density at radius 3 is 2.65 bits per heavy atom. The van der Waals surface area contributed by atoms with Gasteiger partial charge in [-0.2, -0.15) is 0 Å². The minimum absolute atomic E-state index is 0.0563. The molecule has 0 fully saturated rings. The Morgan fingerprint density at radius 1 is 1.20 bits per heavy atom. The molecule has 4 nitrogen and oxygen atoms in total. The van der Waals surface area contributed by atoms with Crippen LogP contribution < -0.4 is 15.4 Å². The zero-order chi connectivity index (χ0) is 14.6. The molecule has 1 amide bonds. The molecule has 0 saturated heterocycles. The number of amides is 1. The van der Waals surface area contributed by atoms with Crippen LogP contribution in [-0.2, 0) is 4.79 Å². The number of ether oxygens (including phenoxy) is 1. The van der Waals surface area contributed by atoms with Crippen LogP contribution in [0.5, 0.6) is 5.75 Å². The van der Waals surface area contributed by atoms with Gasteiger partial charge in [0.2, 0.25) is 5.91 Å². The lowest BCUT2D eigenvalue weighted by Gasteiger charge is -2.14. The van der Waals surface area contributed by atoms with Crippen LogP contribution in [0, 0.1) is 0 Å². The standard InChI is InChI=1S/C16H26N2O2/c1-3-4-8-11-18-16(19)14(2)17-12-13-20-15-9-6-5-7-10-15/h5-7,9-10,14,17H,3-4,8,11-13H2,1-2H3,(H,18,19). The van der Waals surface area contributed by atoms with E-state index in [-0.39, 0.29) is 11.9 Å². The highest BCUT2D eigenvalue weighted by Gasteiger charge is 2.10. The Morgan fingerprint density at radius 2 is 1.95 bits per heavy atom. The van der Waals surface area contributed by atoms with E-state index in [4.69, 9.17) is 4.74 Å². The van der Waals surface area contributed by atoms with Crippen molar-refractivity contribution in [3.63, 3.8) is 0 Å². The fourth-order valence-electron chi connectivity index (χ4n) is 1.79. The molecule has 0 radical (unpaired) electrons. The lowest BCUT2D eigenvalue weighted by Crippen LogP contribution is -2.43. The maximum atomic E-state index is 11.8. The van der Waals surface area contributed by atoms with Crippen LogP contribution >= 0.6 is 0 Å². The summed E-state index contributed by atoms with van der Waals surface area (Å²) in [6.45, 7) is 5.99. The van der Waals surface area contributed by atoms with E-state index in [2.05, 4.69) is 17.6 Å². The van der Waals surface area contributed by atoms with Gasteiger partial charge in [0.1, 0.15) is 12.4 Å². The van der Waals surface area contributed by atoms with Gasteiger partial charge in [0.05, 0.1) is 6.04 Å². The number of hydrogen-bond donors (Lipinski definition) is 2. The van der Waals surface area contributed by atoms with Crippen molar-refractivity contribution in [2.75, 3.05) is 19.7 Å². The summed E-state index contributed by atoms with van der Waals surface area (Å²) in [5.74, 6) is 0.909. The van der Waals surface area contributed by atoms with Crippen molar-refractivity contribution >= 4 is 5.91 Å². The average Bonchev–Trinajstić information content (AvgIpc) is 2.48. The number of benzene rings is 1. The van der Waals surface area contributed by atoms with Crippen molar-refractivity contribution in [2.45, 2.75) is 39.2 Å². The molecule has 0 heterocycles. The van der Waals surface area contributed by atoms with E-state index in [1.54, 1.807) is 0 Å². The number of hydrogen-bond acceptors (Lipinski definition) is 3. The molecule has 112 valence electrons. The van der Waals surface area contributed by atoms with Crippen molar-refractivity contribution in [2.24, 2.45) is 0 Å². The Labute approximate surface area is 121 Å². The molecule has 0 aliphatic rings. The van der Waals surface area contributed by atoms with Gasteiger partial charge < -0.3 is 15.4 Å². The van der Waals surface area contributed by atoms with Crippen LogP contribution in [0.3, 0.4) is 0 Å². The highest BCUT2D eigenvalue weighted by molar-refractivity contribution is 5.81. The van der Waals surface area contributed by atoms with Gasteiger partial charge in [-0.3, -0.25) is 4.79 Å². The van der Waals surface area contributed by atoms with Crippen LogP contribution in [0.4, 0.5) is 0 Å². The molecular weight excluding hydrogens is 252 g/mol. The summed E-state index contributed by atoms with van der Waals surface area (Å²) >= 11 is 0. The lowest BCUT2D eigenvalue weighted by atomic mass is 10.2. The van der Waals surface area contributed by atoms with Gasteiger partial charge in [-0.25, -0.2) is 0 Å². The number of nitrogens with one attached hydrogen (secondary N) is 2. The minimum atomic E-state index is -0.184. The van der Waals surface area contributed by atoms with E-state index in [9.17, 15) is 4.79 Å². The number of unbranched alkanes of at least 4 members (excludes halogenated alkanes) is 2. The van der Waals surface area contributed by atoms with Gasteiger partial charge in [-0.15, -0.1) is 0 Å². The van der Waals surface area contributed by atoms with Crippen LogP contribution in [0.1, 0.15) is 33.1 Å². The summed E-state index contributed by atoms with van der Waals surface area (Å²) in [7, 11) is 0. The molecule has 1 atom stereocenters. The molecule has 0 aromatic heterocycles. The zero-order valence-electron chi connectivity index (χ0n) is 12.5. The fraction of sp³-hybridized carbons (Fsp3) is 0.562. The molecule has 0 saturated carbocycles. The summed E-state index contributed by atoms with van der Waals surface area (Å²) in [6.07, 6.45) is 3.37. The van der Waals surface area contributed by atoms with Crippen molar-refractivity contribution < 1.29 is 9.53 Å². The van der Waals surface area contributed by atoms with Gasteiger partial charge in [0.15, 0.2) is 0 Å². The molecule has 0 bridgehead atoms. The lowest BCUT2D eigenvalue weighted by molar-refractivity contribution is -0.122. The van der Waals surface area contributed by atoms with Crippen LogP contribution in [-0.4, -0.2) is 31.6 Å². The first-order chi connectivity index (χ1) is 9.74. The second kappa shape index (κ2) is 10.3. The van der Waals surface area contributed by atoms with Gasteiger partial charge in [-0.05, 0) is 25.5 Å². The molecule has 0 aliphatic heterocycles.